The standard InChI is InChI=1S/C6H4Cl3FN2/c7-6(8,9)3-1-4(10)12-5(11)2-3/h1-2H,(H2,11,12). The van der Waals surface area contributed by atoms with Gasteiger partial charge in [0.15, 0.2) is 0 Å². The first kappa shape index (κ1) is 9.84. The van der Waals surface area contributed by atoms with Gasteiger partial charge in [-0.3, -0.25) is 0 Å². The highest BCUT2D eigenvalue weighted by atomic mass is 35.6. The Kier molecular flexibility index (Phi) is 2.66. The minimum Gasteiger partial charge on any atom is -0.384 e. The van der Waals surface area contributed by atoms with Crippen LogP contribution in [0.15, 0.2) is 12.1 Å². The van der Waals surface area contributed by atoms with E-state index in [1.807, 2.05) is 0 Å². The SMILES string of the molecule is Nc1cc(C(Cl)(Cl)Cl)cc(F)n1. The van der Waals surface area contributed by atoms with E-state index in [0.29, 0.717) is 0 Å². The van der Waals surface area contributed by atoms with Gasteiger partial charge >= 0.3 is 0 Å². The van der Waals surface area contributed by atoms with Crippen molar-refractivity contribution in [3.63, 3.8) is 0 Å². The van der Waals surface area contributed by atoms with Crippen LogP contribution in [0.5, 0.6) is 0 Å². The van der Waals surface area contributed by atoms with E-state index in [9.17, 15) is 4.39 Å². The minimum absolute atomic E-state index is 0.0173. The first-order valence-corrected chi connectivity index (χ1v) is 4.03. The zero-order chi connectivity index (χ0) is 9.35. The Balaban J connectivity index is 3.18. The van der Waals surface area contributed by atoms with Gasteiger partial charge < -0.3 is 5.73 Å². The fraction of sp³-hybridized carbons (Fsp3) is 0.167. The maximum Gasteiger partial charge on any atom is 0.216 e. The number of pyridine rings is 1. The molecule has 6 heteroatoms. The number of anilines is 1. The second-order valence-electron chi connectivity index (χ2n) is 2.10. The summed E-state index contributed by atoms with van der Waals surface area (Å²) in [6, 6.07) is 2.32. The van der Waals surface area contributed by atoms with E-state index in [4.69, 9.17) is 40.5 Å². The number of rotatable bonds is 0. The molecular weight excluding hydrogens is 225 g/mol. The van der Waals surface area contributed by atoms with E-state index in [2.05, 4.69) is 4.98 Å². The smallest absolute Gasteiger partial charge is 0.216 e. The number of halogens is 4. The summed E-state index contributed by atoms with van der Waals surface area (Å²) in [5.74, 6) is -0.785. The van der Waals surface area contributed by atoms with Gasteiger partial charge in [0, 0.05) is 11.6 Å². The molecule has 0 saturated heterocycles. The van der Waals surface area contributed by atoms with E-state index < -0.39 is 9.74 Å². The van der Waals surface area contributed by atoms with Crippen molar-refractivity contribution in [2.45, 2.75) is 3.79 Å². The second kappa shape index (κ2) is 3.24. The molecule has 2 nitrogen and oxygen atoms in total. The van der Waals surface area contributed by atoms with Gasteiger partial charge in [0.2, 0.25) is 9.74 Å². The van der Waals surface area contributed by atoms with E-state index >= 15 is 0 Å². The molecule has 0 amide bonds. The third-order valence-corrected chi connectivity index (χ3v) is 1.80. The number of hydrogen-bond donors (Lipinski definition) is 1. The molecule has 1 heterocycles. The third-order valence-electron chi connectivity index (χ3n) is 1.14. The predicted molar refractivity (Wildman–Crippen MR) is 47.8 cm³/mol. The molecule has 1 rings (SSSR count). The first-order chi connectivity index (χ1) is 5.39. The topological polar surface area (TPSA) is 38.9 Å². The van der Waals surface area contributed by atoms with E-state index in [-0.39, 0.29) is 11.4 Å². The quantitative estimate of drug-likeness (QED) is 0.549. The molecular formula is C6H4Cl3FN2. The molecule has 0 aromatic carbocycles. The molecule has 12 heavy (non-hydrogen) atoms. The highest BCUT2D eigenvalue weighted by Gasteiger charge is 2.23. The van der Waals surface area contributed by atoms with Crippen molar-refractivity contribution in [2.24, 2.45) is 0 Å². The summed E-state index contributed by atoms with van der Waals surface area (Å²) in [6.45, 7) is 0. The highest BCUT2D eigenvalue weighted by Crippen LogP contribution is 2.38. The maximum absolute atomic E-state index is 12.6. The van der Waals surface area contributed by atoms with Gasteiger partial charge in [0.25, 0.3) is 0 Å². The lowest BCUT2D eigenvalue weighted by molar-refractivity contribution is 0.584. The lowest BCUT2D eigenvalue weighted by atomic mass is 10.3. The Morgan fingerprint density at radius 1 is 1.33 bits per heavy atom. The average molecular weight is 229 g/mol. The molecule has 0 aliphatic carbocycles. The van der Waals surface area contributed by atoms with Crippen molar-refractivity contribution in [1.29, 1.82) is 0 Å². The van der Waals surface area contributed by atoms with Crippen molar-refractivity contribution in [3.05, 3.63) is 23.6 Å². The van der Waals surface area contributed by atoms with Gasteiger partial charge in [-0.1, -0.05) is 34.8 Å². The Morgan fingerprint density at radius 3 is 2.33 bits per heavy atom. The zero-order valence-electron chi connectivity index (χ0n) is 5.69. The van der Waals surface area contributed by atoms with Crippen molar-refractivity contribution < 1.29 is 4.39 Å². The maximum atomic E-state index is 12.6. The molecule has 2 N–H and O–H groups in total. The van der Waals surface area contributed by atoms with Crippen LogP contribution in [0.4, 0.5) is 10.2 Å². The molecule has 0 spiro atoms. The summed E-state index contributed by atoms with van der Waals surface area (Å²) in [5, 5.41) is 0. The van der Waals surface area contributed by atoms with Gasteiger partial charge in [-0.2, -0.15) is 4.39 Å². The molecule has 0 aliphatic heterocycles. The summed E-state index contributed by atoms with van der Waals surface area (Å²) >= 11 is 16.5. The monoisotopic (exact) mass is 228 g/mol. The lowest BCUT2D eigenvalue weighted by Gasteiger charge is -2.10. The number of nitrogen functional groups attached to an aromatic ring is 1. The largest absolute Gasteiger partial charge is 0.384 e. The molecule has 0 bridgehead atoms. The van der Waals surface area contributed by atoms with E-state index in [1.165, 1.54) is 6.07 Å². The average Bonchev–Trinajstić information content (AvgIpc) is 1.82. The summed E-state index contributed by atoms with van der Waals surface area (Å²) in [5.41, 5.74) is 5.39. The van der Waals surface area contributed by atoms with E-state index in [1.54, 1.807) is 0 Å². The van der Waals surface area contributed by atoms with Crippen molar-refractivity contribution in [1.82, 2.24) is 4.98 Å². The molecule has 0 fully saturated rings. The predicted octanol–water partition coefficient (Wildman–Crippen LogP) is 2.63. The molecule has 0 aliphatic rings. The van der Waals surface area contributed by atoms with Crippen LogP contribution in [0, 0.1) is 5.95 Å². The van der Waals surface area contributed by atoms with Crippen LogP contribution in [0.25, 0.3) is 0 Å². The van der Waals surface area contributed by atoms with Gasteiger partial charge in [-0.25, -0.2) is 4.98 Å². The summed E-state index contributed by atoms with van der Waals surface area (Å²) in [4.78, 5) is 3.28. The first-order valence-electron chi connectivity index (χ1n) is 2.90. The minimum atomic E-state index is -1.67. The van der Waals surface area contributed by atoms with Crippen molar-refractivity contribution >= 4 is 40.6 Å². The molecule has 66 valence electrons. The van der Waals surface area contributed by atoms with Crippen LogP contribution >= 0.6 is 34.8 Å². The normalized spacial score (nSPS) is 11.7. The van der Waals surface area contributed by atoms with Crippen molar-refractivity contribution in [3.8, 4) is 0 Å². The van der Waals surface area contributed by atoms with Gasteiger partial charge in [-0.15, -0.1) is 0 Å². The molecule has 0 radical (unpaired) electrons. The number of hydrogen-bond acceptors (Lipinski definition) is 2. The molecule has 0 atom stereocenters. The summed E-state index contributed by atoms with van der Waals surface area (Å²) in [6.07, 6.45) is 0. The third kappa shape index (κ3) is 2.37. The number of nitrogens with zero attached hydrogens (tertiary/aromatic N) is 1. The second-order valence-corrected chi connectivity index (χ2v) is 4.38. The highest BCUT2D eigenvalue weighted by molar-refractivity contribution is 6.66. The molecule has 0 saturated carbocycles. The van der Waals surface area contributed by atoms with Crippen LogP contribution < -0.4 is 5.73 Å². The molecule has 1 aromatic heterocycles. The van der Waals surface area contributed by atoms with Crippen LogP contribution in [-0.2, 0) is 3.79 Å². The van der Waals surface area contributed by atoms with Crippen LogP contribution in [0.2, 0.25) is 0 Å². The van der Waals surface area contributed by atoms with Crippen LogP contribution in [-0.4, -0.2) is 4.98 Å². The Hall–Kier alpha value is -0.250. The Bertz CT molecular complexity index is 277. The van der Waals surface area contributed by atoms with Crippen molar-refractivity contribution in [2.75, 3.05) is 5.73 Å². The molecule has 1 aromatic rings. The Morgan fingerprint density at radius 2 is 1.92 bits per heavy atom. The van der Waals surface area contributed by atoms with Gasteiger partial charge in [0.05, 0.1) is 0 Å². The number of alkyl halides is 3. The van der Waals surface area contributed by atoms with Crippen LogP contribution in [0.1, 0.15) is 5.56 Å². The number of nitrogens with two attached hydrogens (primary N) is 1. The molecule has 0 unspecified atom stereocenters. The fourth-order valence-corrected chi connectivity index (χ4v) is 1.01. The van der Waals surface area contributed by atoms with Crippen LogP contribution in [0.3, 0.4) is 0 Å². The lowest BCUT2D eigenvalue weighted by Crippen LogP contribution is -2.04. The number of aromatic nitrogens is 1. The zero-order valence-corrected chi connectivity index (χ0v) is 7.96. The Labute approximate surface area is 83.4 Å². The van der Waals surface area contributed by atoms with Gasteiger partial charge in [-0.05, 0) is 6.07 Å². The summed E-state index contributed by atoms with van der Waals surface area (Å²) < 4.78 is 10.9. The fourth-order valence-electron chi connectivity index (χ4n) is 0.681. The van der Waals surface area contributed by atoms with E-state index in [0.717, 1.165) is 6.07 Å². The van der Waals surface area contributed by atoms with Gasteiger partial charge in [0.1, 0.15) is 5.82 Å². The summed E-state index contributed by atoms with van der Waals surface area (Å²) in [7, 11) is 0.